The summed E-state index contributed by atoms with van der Waals surface area (Å²) in [7, 11) is 0. The molecule has 2 heterocycles. The molecular formula is C14H17N3OS. The molecule has 4 nitrogen and oxygen atoms in total. The first-order valence-electron chi connectivity index (χ1n) is 6.39. The van der Waals surface area contributed by atoms with E-state index in [4.69, 9.17) is 5.73 Å². The van der Waals surface area contributed by atoms with E-state index in [1.165, 1.54) is 17.8 Å². The van der Waals surface area contributed by atoms with Crippen LogP contribution < -0.4 is 11.1 Å². The van der Waals surface area contributed by atoms with Crippen LogP contribution in [-0.2, 0) is 0 Å². The van der Waals surface area contributed by atoms with Gasteiger partial charge < -0.3 is 11.1 Å². The van der Waals surface area contributed by atoms with Crippen molar-refractivity contribution in [3.63, 3.8) is 0 Å². The Balaban J connectivity index is 1.76. The topological polar surface area (TPSA) is 68.0 Å². The molecule has 1 aliphatic carbocycles. The van der Waals surface area contributed by atoms with Crippen LogP contribution in [0.3, 0.4) is 0 Å². The zero-order chi connectivity index (χ0) is 13.6. The van der Waals surface area contributed by atoms with Crippen molar-refractivity contribution in [3.8, 4) is 0 Å². The zero-order valence-corrected chi connectivity index (χ0v) is 11.9. The van der Waals surface area contributed by atoms with E-state index < -0.39 is 0 Å². The van der Waals surface area contributed by atoms with Gasteiger partial charge in [0.1, 0.15) is 4.88 Å². The van der Waals surface area contributed by atoms with Crippen LogP contribution in [0.4, 0.5) is 5.69 Å². The number of nitrogen functional groups attached to an aromatic ring is 1. The van der Waals surface area contributed by atoms with Crippen LogP contribution >= 0.6 is 11.3 Å². The van der Waals surface area contributed by atoms with E-state index in [1.807, 2.05) is 6.07 Å². The van der Waals surface area contributed by atoms with Crippen molar-refractivity contribution in [1.82, 2.24) is 10.3 Å². The van der Waals surface area contributed by atoms with Gasteiger partial charge >= 0.3 is 0 Å². The number of pyridine rings is 1. The number of nitrogens with one attached hydrogen (secondary N) is 1. The van der Waals surface area contributed by atoms with Crippen molar-refractivity contribution in [2.45, 2.75) is 20.3 Å². The second kappa shape index (κ2) is 4.20. The first kappa shape index (κ1) is 12.4. The van der Waals surface area contributed by atoms with Gasteiger partial charge in [0.2, 0.25) is 0 Å². The van der Waals surface area contributed by atoms with Crippen molar-refractivity contribution in [3.05, 3.63) is 23.3 Å². The number of amides is 1. The maximum Gasteiger partial charge on any atom is 0.263 e. The summed E-state index contributed by atoms with van der Waals surface area (Å²) in [6.45, 7) is 5.18. The molecule has 5 heteroatoms. The highest BCUT2D eigenvalue weighted by atomic mass is 32.1. The summed E-state index contributed by atoms with van der Waals surface area (Å²) in [5, 5.41) is 3.90. The first-order valence-corrected chi connectivity index (χ1v) is 7.21. The van der Waals surface area contributed by atoms with E-state index in [0.29, 0.717) is 21.9 Å². The van der Waals surface area contributed by atoms with Gasteiger partial charge in [0.15, 0.2) is 0 Å². The maximum absolute atomic E-state index is 12.2. The fourth-order valence-corrected chi connectivity index (χ4v) is 3.37. The van der Waals surface area contributed by atoms with Crippen LogP contribution in [0, 0.1) is 11.3 Å². The third-order valence-electron chi connectivity index (χ3n) is 3.96. The summed E-state index contributed by atoms with van der Waals surface area (Å²) in [5.41, 5.74) is 6.98. The average molecular weight is 275 g/mol. The average Bonchev–Trinajstić information content (AvgIpc) is 2.85. The van der Waals surface area contributed by atoms with Crippen molar-refractivity contribution in [2.75, 3.05) is 12.3 Å². The van der Waals surface area contributed by atoms with Gasteiger partial charge in [-0.2, -0.15) is 0 Å². The standard InChI is InChI=1S/C14H17N3OS/c1-14(2)5-8(14)6-17-13(18)12-11(15)9-3-4-16-7-10(9)19-12/h3-4,7-8H,5-6,15H2,1-2H3,(H,17,18). The molecule has 2 aromatic rings. The molecule has 1 amide bonds. The Morgan fingerprint density at radius 3 is 3.00 bits per heavy atom. The van der Waals surface area contributed by atoms with Crippen molar-refractivity contribution >= 4 is 33.0 Å². The quantitative estimate of drug-likeness (QED) is 0.905. The number of nitrogens with zero attached hydrogens (tertiary/aromatic N) is 1. The molecule has 1 fully saturated rings. The second-order valence-corrected chi connectivity index (χ2v) is 6.87. The monoisotopic (exact) mass is 275 g/mol. The molecule has 0 spiro atoms. The number of thiophene rings is 1. The molecule has 0 aromatic carbocycles. The first-order chi connectivity index (χ1) is 8.99. The van der Waals surface area contributed by atoms with Crippen LogP contribution in [-0.4, -0.2) is 17.4 Å². The predicted molar refractivity (Wildman–Crippen MR) is 78.3 cm³/mol. The fourth-order valence-electron chi connectivity index (χ4n) is 2.36. The van der Waals surface area contributed by atoms with Gasteiger partial charge in [0.25, 0.3) is 5.91 Å². The number of carbonyl (C=O) groups excluding carboxylic acids is 1. The highest BCUT2D eigenvalue weighted by Crippen LogP contribution is 2.51. The van der Waals surface area contributed by atoms with Gasteiger partial charge in [-0.05, 0) is 23.8 Å². The van der Waals surface area contributed by atoms with Gasteiger partial charge in [0.05, 0.1) is 10.4 Å². The number of carbonyl (C=O) groups is 1. The third-order valence-corrected chi connectivity index (χ3v) is 5.12. The number of aromatic nitrogens is 1. The molecular weight excluding hydrogens is 258 g/mol. The van der Waals surface area contributed by atoms with Gasteiger partial charge in [-0.25, -0.2) is 0 Å². The lowest BCUT2D eigenvalue weighted by Crippen LogP contribution is -2.26. The number of hydrogen-bond donors (Lipinski definition) is 2. The molecule has 1 atom stereocenters. The van der Waals surface area contributed by atoms with Gasteiger partial charge in [-0.15, -0.1) is 11.3 Å². The summed E-state index contributed by atoms with van der Waals surface area (Å²) in [6, 6.07) is 1.85. The molecule has 3 N–H and O–H groups in total. The van der Waals surface area contributed by atoms with Crippen LogP contribution in [0.25, 0.3) is 10.1 Å². The highest BCUT2D eigenvalue weighted by molar-refractivity contribution is 7.21. The minimum Gasteiger partial charge on any atom is -0.397 e. The summed E-state index contributed by atoms with van der Waals surface area (Å²) in [6.07, 6.45) is 4.62. The smallest absolute Gasteiger partial charge is 0.263 e. The Morgan fingerprint density at radius 1 is 1.63 bits per heavy atom. The van der Waals surface area contributed by atoms with E-state index in [-0.39, 0.29) is 5.91 Å². The van der Waals surface area contributed by atoms with Crippen molar-refractivity contribution < 1.29 is 4.79 Å². The lowest BCUT2D eigenvalue weighted by atomic mass is 10.1. The van der Waals surface area contributed by atoms with Crippen LogP contribution in [0.2, 0.25) is 0 Å². The normalized spacial score (nSPS) is 20.4. The molecule has 19 heavy (non-hydrogen) atoms. The lowest BCUT2D eigenvalue weighted by Gasteiger charge is -2.05. The van der Waals surface area contributed by atoms with Crippen molar-refractivity contribution in [2.24, 2.45) is 11.3 Å². The summed E-state index contributed by atoms with van der Waals surface area (Å²) < 4.78 is 0.955. The number of nitrogens with two attached hydrogens (primary N) is 1. The lowest BCUT2D eigenvalue weighted by molar-refractivity contribution is 0.0955. The summed E-state index contributed by atoms with van der Waals surface area (Å²) in [5.74, 6) is 0.523. The molecule has 1 unspecified atom stereocenters. The molecule has 1 aliphatic rings. The number of rotatable bonds is 3. The Labute approximate surface area is 116 Å². The molecule has 1 saturated carbocycles. The molecule has 0 bridgehead atoms. The Bertz CT molecular complexity index is 647. The van der Waals surface area contributed by atoms with E-state index in [1.54, 1.807) is 12.4 Å². The van der Waals surface area contributed by atoms with Crippen LogP contribution in [0.5, 0.6) is 0 Å². The van der Waals surface area contributed by atoms with Crippen molar-refractivity contribution in [1.29, 1.82) is 0 Å². The minimum absolute atomic E-state index is 0.0681. The largest absolute Gasteiger partial charge is 0.397 e. The van der Waals surface area contributed by atoms with E-state index in [9.17, 15) is 4.79 Å². The third kappa shape index (κ3) is 2.18. The summed E-state index contributed by atoms with van der Waals surface area (Å²) >= 11 is 1.40. The summed E-state index contributed by atoms with van der Waals surface area (Å²) in [4.78, 5) is 16.8. The molecule has 0 aliphatic heterocycles. The second-order valence-electron chi connectivity index (χ2n) is 5.82. The SMILES string of the molecule is CC1(C)CC1CNC(=O)c1sc2cnccc2c1N. The van der Waals surface area contributed by atoms with Crippen LogP contribution in [0.15, 0.2) is 18.5 Å². The van der Waals surface area contributed by atoms with E-state index in [0.717, 1.165) is 16.6 Å². The molecule has 0 radical (unpaired) electrons. The van der Waals surface area contributed by atoms with Gasteiger partial charge in [0, 0.05) is 24.3 Å². The molecule has 0 saturated heterocycles. The predicted octanol–water partition coefficient (Wildman–Crippen LogP) is 2.65. The number of anilines is 1. The maximum atomic E-state index is 12.2. The highest BCUT2D eigenvalue weighted by Gasteiger charge is 2.45. The van der Waals surface area contributed by atoms with E-state index in [2.05, 4.69) is 24.1 Å². The molecule has 3 rings (SSSR count). The number of fused-ring (bicyclic) bond motifs is 1. The Kier molecular flexibility index (Phi) is 2.74. The minimum atomic E-state index is -0.0681. The molecule has 2 aromatic heterocycles. The zero-order valence-electron chi connectivity index (χ0n) is 11.1. The van der Waals surface area contributed by atoms with Gasteiger partial charge in [-0.1, -0.05) is 13.8 Å². The van der Waals surface area contributed by atoms with Crippen LogP contribution in [0.1, 0.15) is 29.9 Å². The molecule has 100 valence electrons. The fraction of sp³-hybridized carbons (Fsp3) is 0.429. The van der Waals surface area contributed by atoms with Gasteiger partial charge in [-0.3, -0.25) is 9.78 Å². The number of hydrogen-bond acceptors (Lipinski definition) is 4. The van der Waals surface area contributed by atoms with E-state index >= 15 is 0 Å². The Morgan fingerprint density at radius 2 is 2.37 bits per heavy atom. The Hall–Kier alpha value is -1.62.